The van der Waals surface area contributed by atoms with E-state index in [0.717, 1.165) is 16.0 Å². The van der Waals surface area contributed by atoms with Crippen LogP contribution in [0.3, 0.4) is 0 Å². The molecule has 0 bridgehead atoms. The predicted octanol–water partition coefficient (Wildman–Crippen LogP) is 2.00. The van der Waals surface area contributed by atoms with Crippen LogP contribution in [-0.2, 0) is 6.54 Å². The average Bonchev–Trinajstić information content (AvgIpc) is 2.81. The Hall–Kier alpha value is -2.48. The second-order valence-electron chi connectivity index (χ2n) is 3.99. The number of phenolic OH excluding ortho intramolecular Hbond substituents is 1. The lowest BCUT2D eigenvalue weighted by Crippen LogP contribution is -2.22. The molecule has 104 valence electrons. The van der Waals surface area contributed by atoms with Crippen LogP contribution >= 0.6 is 11.3 Å². The molecule has 0 aliphatic rings. The third kappa shape index (κ3) is 3.09. The van der Waals surface area contributed by atoms with E-state index in [2.05, 4.69) is 10.3 Å². The van der Waals surface area contributed by atoms with Crippen molar-refractivity contribution in [3.05, 3.63) is 50.0 Å². The molecule has 2 rings (SSSR count). The van der Waals surface area contributed by atoms with Crippen LogP contribution in [0, 0.1) is 17.0 Å². The number of nitro groups is 1. The minimum Gasteiger partial charge on any atom is -0.507 e. The lowest BCUT2D eigenvalue weighted by Gasteiger charge is -2.05. The van der Waals surface area contributed by atoms with Crippen LogP contribution in [-0.4, -0.2) is 20.9 Å². The molecule has 8 heteroatoms. The van der Waals surface area contributed by atoms with Gasteiger partial charge in [-0.1, -0.05) is 0 Å². The van der Waals surface area contributed by atoms with E-state index in [1.165, 1.54) is 23.5 Å². The summed E-state index contributed by atoms with van der Waals surface area (Å²) in [6.45, 7) is 2.15. The SMILES string of the molecule is Cc1ncc(CNC(=O)c2ccc([N+](=O)[O-])cc2O)s1. The van der Waals surface area contributed by atoms with Gasteiger partial charge >= 0.3 is 0 Å². The number of amides is 1. The summed E-state index contributed by atoms with van der Waals surface area (Å²) in [4.78, 5) is 26.7. The normalized spacial score (nSPS) is 10.2. The van der Waals surface area contributed by atoms with Crippen LogP contribution in [0.4, 0.5) is 5.69 Å². The number of carbonyl (C=O) groups is 1. The fourth-order valence-corrected chi connectivity index (χ4v) is 2.31. The Morgan fingerprint density at radius 2 is 2.30 bits per heavy atom. The number of hydrogen-bond acceptors (Lipinski definition) is 6. The monoisotopic (exact) mass is 293 g/mol. The summed E-state index contributed by atoms with van der Waals surface area (Å²) in [7, 11) is 0. The van der Waals surface area contributed by atoms with Crippen LogP contribution in [0.25, 0.3) is 0 Å². The van der Waals surface area contributed by atoms with Crippen molar-refractivity contribution in [1.29, 1.82) is 0 Å². The quantitative estimate of drug-likeness (QED) is 0.662. The third-order valence-electron chi connectivity index (χ3n) is 2.53. The van der Waals surface area contributed by atoms with E-state index in [-0.39, 0.29) is 11.3 Å². The number of nitrogens with zero attached hydrogens (tertiary/aromatic N) is 2. The van der Waals surface area contributed by atoms with E-state index in [1.54, 1.807) is 6.20 Å². The largest absolute Gasteiger partial charge is 0.507 e. The average molecular weight is 293 g/mol. The van der Waals surface area contributed by atoms with Gasteiger partial charge in [-0.05, 0) is 13.0 Å². The molecule has 20 heavy (non-hydrogen) atoms. The van der Waals surface area contributed by atoms with E-state index >= 15 is 0 Å². The third-order valence-corrected chi connectivity index (χ3v) is 3.44. The van der Waals surface area contributed by atoms with E-state index in [4.69, 9.17) is 0 Å². The van der Waals surface area contributed by atoms with Gasteiger partial charge in [-0.2, -0.15) is 0 Å². The van der Waals surface area contributed by atoms with Crippen LogP contribution in [0.1, 0.15) is 20.2 Å². The first-order valence-electron chi connectivity index (χ1n) is 5.64. The molecule has 0 saturated heterocycles. The highest BCUT2D eigenvalue weighted by atomic mass is 32.1. The first-order valence-corrected chi connectivity index (χ1v) is 6.46. The molecule has 2 N–H and O–H groups in total. The van der Waals surface area contributed by atoms with Crippen molar-refractivity contribution >= 4 is 22.9 Å². The van der Waals surface area contributed by atoms with Crippen LogP contribution in [0.15, 0.2) is 24.4 Å². The van der Waals surface area contributed by atoms with Gasteiger partial charge < -0.3 is 10.4 Å². The number of hydrogen-bond donors (Lipinski definition) is 2. The highest BCUT2D eigenvalue weighted by Gasteiger charge is 2.15. The van der Waals surface area contributed by atoms with Crippen molar-refractivity contribution in [2.45, 2.75) is 13.5 Å². The maximum Gasteiger partial charge on any atom is 0.273 e. The Morgan fingerprint density at radius 3 is 2.85 bits per heavy atom. The zero-order valence-corrected chi connectivity index (χ0v) is 11.3. The number of aromatic nitrogens is 1. The number of thiazole rings is 1. The Kier molecular flexibility index (Phi) is 3.94. The molecule has 0 aliphatic carbocycles. The number of non-ortho nitro benzene ring substituents is 1. The molecule has 0 fully saturated rings. The summed E-state index contributed by atoms with van der Waals surface area (Å²) >= 11 is 1.46. The molecular formula is C12H11N3O4S. The van der Waals surface area contributed by atoms with E-state index in [1.807, 2.05) is 6.92 Å². The number of phenols is 1. The van der Waals surface area contributed by atoms with Crippen molar-refractivity contribution in [3.63, 3.8) is 0 Å². The van der Waals surface area contributed by atoms with Crippen molar-refractivity contribution in [2.24, 2.45) is 0 Å². The maximum absolute atomic E-state index is 11.9. The topological polar surface area (TPSA) is 105 Å². The van der Waals surface area contributed by atoms with E-state index < -0.39 is 16.6 Å². The zero-order valence-electron chi connectivity index (χ0n) is 10.5. The van der Waals surface area contributed by atoms with Crippen molar-refractivity contribution in [1.82, 2.24) is 10.3 Å². The lowest BCUT2D eigenvalue weighted by molar-refractivity contribution is -0.384. The maximum atomic E-state index is 11.9. The molecule has 0 saturated carbocycles. The van der Waals surface area contributed by atoms with Crippen molar-refractivity contribution < 1.29 is 14.8 Å². The lowest BCUT2D eigenvalue weighted by atomic mass is 10.1. The Bertz CT molecular complexity index is 668. The standard InChI is InChI=1S/C12H11N3O4S/c1-7-13-5-9(20-7)6-14-12(17)10-3-2-8(15(18)19)4-11(10)16/h2-5,16H,6H2,1H3,(H,14,17). The predicted molar refractivity (Wildman–Crippen MR) is 72.8 cm³/mol. The van der Waals surface area contributed by atoms with Gasteiger partial charge in [-0.25, -0.2) is 4.98 Å². The van der Waals surface area contributed by atoms with Gasteiger partial charge in [-0.3, -0.25) is 14.9 Å². The summed E-state index contributed by atoms with van der Waals surface area (Å²) < 4.78 is 0. The molecule has 0 spiro atoms. The molecule has 0 unspecified atom stereocenters. The second-order valence-corrected chi connectivity index (χ2v) is 5.31. The second kappa shape index (κ2) is 5.66. The minimum absolute atomic E-state index is 0.00293. The number of nitro benzene ring substituents is 1. The van der Waals surface area contributed by atoms with Crippen LogP contribution in [0.2, 0.25) is 0 Å². The molecule has 1 aromatic carbocycles. The molecular weight excluding hydrogens is 282 g/mol. The molecule has 1 amide bonds. The molecule has 2 aromatic rings. The smallest absolute Gasteiger partial charge is 0.273 e. The number of aryl methyl sites for hydroxylation is 1. The molecule has 1 heterocycles. The Balaban J connectivity index is 2.07. The van der Waals surface area contributed by atoms with E-state index in [9.17, 15) is 20.0 Å². The van der Waals surface area contributed by atoms with E-state index in [0.29, 0.717) is 6.54 Å². The highest BCUT2D eigenvalue weighted by Crippen LogP contribution is 2.23. The summed E-state index contributed by atoms with van der Waals surface area (Å²) in [6.07, 6.45) is 1.66. The first kappa shape index (κ1) is 13.9. The Morgan fingerprint density at radius 1 is 1.55 bits per heavy atom. The van der Waals surface area contributed by atoms with Gasteiger partial charge in [0.05, 0.1) is 28.1 Å². The Labute approximate surface area is 118 Å². The summed E-state index contributed by atoms with van der Waals surface area (Å²) in [5.41, 5.74) is -0.269. The van der Waals surface area contributed by atoms with Gasteiger partial charge in [0.25, 0.3) is 11.6 Å². The number of aromatic hydroxyl groups is 1. The van der Waals surface area contributed by atoms with Crippen LogP contribution in [0.5, 0.6) is 5.75 Å². The van der Waals surface area contributed by atoms with Crippen molar-refractivity contribution in [2.75, 3.05) is 0 Å². The molecule has 0 radical (unpaired) electrons. The number of rotatable bonds is 4. The zero-order chi connectivity index (χ0) is 14.7. The number of carbonyl (C=O) groups excluding carboxylic acids is 1. The fraction of sp³-hybridized carbons (Fsp3) is 0.167. The molecule has 0 aliphatic heterocycles. The van der Waals surface area contributed by atoms with Crippen LogP contribution < -0.4 is 5.32 Å². The van der Waals surface area contributed by atoms with Gasteiger partial charge in [0.1, 0.15) is 5.75 Å². The summed E-state index contributed by atoms with van der Waals surface area (Å²) in [5, 5.41) is 23.7. The van der Waals surface area contributed by atoms with Gasteiger partial charge in [0.15, 0.2) is 0 Å². The van der Waals surface area contributed by atoms with Crippen molar-refractivity contribution in [3.8, 4) is 5.75 Å². The molecule has 1 aromatic heterocycles. The fourth-order valence-electron chi connectivity index (χ4n) is 1.58. The summed E-state index contributed by atoms with van der Waals surface area (Å²) in [5.74, 6) is -0.916. The molecule has 0 atom stereocenters. The minimum atomic E-state index is -0.637. The van der Waals surface area contributed by atoms with Gasteiger partial charge in [0, 0.05) is 17.1 Å². The number of benzene rings is 1. The highest BCUT2D eigenvalue weighted by molar-refractivity contribution is 7.11. The summed E-state index contributed by atoms with van der Waals surface area (Å²) in [6, 6.07) is 3.35. The number of nitrogens with one attached hydrogen (secondary N) is 1. The van der Waals surface area contributed by atoms with Gasteiger partial charge in [-0.15, -0.1) is 11.3 Å². The first-order chi connectivity index (χ1) is 9.47. The van der Waals surface area contributed by atoms with Gasteiger partial charge in [0.2, 0.25) is 0 Å². The molecule has 7 nitrogen and oxygen atoms in total.